The molecule has 1 aromatic carbocycles. The summed E-state index contributed by atoms with van der Waals surface area (Å²) in [5.74, 6) is -1.08. The van der Waals surface area contributed by atoms with Crippen LogP contribution in [0.2, 0.25) is 0 Å². The van der Waals surface area contributed by atoms with Crippen molar-refractivity contribution in [2.75, 3.05) is 6.61 Å². The lowest BCUT2D eigenvalue weighted by Gasteiger charge is -1.94. The van der Waals surface area contributed by atoms with E-state index in [1.807, 2.05) is 0 Å². The van der Waals surface area contributed by atoms with Gasteiger partial charge in [-0.3, -0.25) is 0 Å². The molecule has 0 heterocycles. The quantitative estimate of drug-likeness (QED) is 0.530. The Balaban J connectivity index is 3.55. The number of carbonyl (C=O) groups is 1. The van der Waals surface area contributed by atoms with Crippen molar-refractivity contribution in [1.82, 2.24) is 0 Å². The molecule has 0 saturated carbocycles. The zero-order chi connectivity index (χ0) is 15.6. The normalized spacial score (nSPS) is 19.3. The minimum absolute atomic E-state index is 0.00893. The third kappa shape index (κ3) is 3.56. The van der Waals surface area contributed by atoms with Crippen LogP contribution in [0.3, 0.4) is 0 Å². The average Bonchev–Trinajstić information content (AvgIpc) is 2.42. The van der Waals surface area contributed by atoms with Gasteiger partial charge < -0.3 is 4.74 Å². The molecule has 0 aliphatic carbocycles. The van der Waals surface area contributed by atoms with Gasteiger partial charge in [-0.25, -0.2) is 4.79 Å². The lowest BCUT2D eigenvalue weighted by molar-refractivity contribution is -0.137. The standard InChI is InChI=1S/C11H12O2/c1-2-13-11(12)9-8-10-6-4-3-5-7-10/h3-9H,2H2,1H3/b9-8-/i3D,4D,5D,6D,7D,8D,9D. The van der Waals surface area contributed by atoms with E-state index in [1.54, 1.807) is 0 Å². The predicted molar refractivity (Wildman–Crippen MR) is 52.1 cm³/mol. The van der Waals surface area contributed by atoms with Gasteiger partial charge in [0, 0.05) is 6.05 Å². The number of carbonyl (C=O) groups excluding carboxylic acids is 1. The molecule has 0 radical (unpaired) electrons. The second-order valence-electron chi connectivity index (χ2n) is 1.97. The maximum atomic E-state index is 11.4. The molecular formula is C11H12O2. The van der Waals surface area contributed by atoms with Crippen molar-refractivity contribution in [3.63, 3.8) is 0 Å². The summed E-state index contributed by atoms with van der Waals surface area (Å²) in [5, 5.41) is 0. The molecular weight excluding hydrogens is 164 g/mol. The van der Waals surface area contributed by atoms with Crippen molar-refractivity contribution in [2.45, 2.75) is 6.92 Å². The molecule has 0 saturated heterocycles. The zero-order valence-corrected chi connectivity index (χ0v) is 7.02. The average molecular weight is 183 g/mol. The van der Waals surface area contributed by atoms with Gasteiger partial charge in [-0.05, 0) is 18.5 Å². The van der Waals surface area contributed by atoms with Gasteiger partial charge in [-0.1, -0.05) is 30.2 Å². The first kappa shape index (κ1) is 3.66. The molecule has 0 unspecified atom stereocenters. The van der Waals surface area contributed by atoms with Crippen LogP contribution in [0.1, 0.15) is 22.1 Å². The third-order valence-corrected chi connectivity index (χ3v) is 1.06. The number of esters is 1. The van der Waals surface area contributed by atoms with E-state index < -0.39 is 53.8 Å². The van der Waals surface area contributed by atoms with Crippen LogP contribution in [0.4, 0.5) is 0 Å². The van der Waals surface area contributed by atoms with Gasteiger partial charge in [-0.15, -0.1) is 0 Å². The molecule has 0 atom stereocenters. The van der Waals surface area contributed by atoms with Crippen molar-refractivity contribution in [2.24, 2.45) is 0 Å². The Morgan fingerprint density at radius 2 is 2.31 bits per heavy atom. The largest absolute Gasteiger partial charge is 0.463 e. The lowest BCUT2D eigenvalue weighted by atomic mass is 10.2. The number of hydrogen-bond donors (Lipinski definition) is 0. The first-order valence-electron chi connectivity index (χ1n) is 7.15. The van der Waals surface area contributed by atoms with E-state index in [4.69, 9.17) is 9.60 Å². The molecule has 13 heavy (non-hydrogen) atoms. The van der Waals surface area contributed by atoms with E-state index in [9.17, 15) is 4.79 Å². The molecule has 0 bridgehead atoms. The molecule has 0 N–H and O–H groups in total. The Bertz CT molecular complexity index is 566. The smallest absolute Gasteiger partial charge is 0.330 e. The summed E-state index contributed by atoms with van der Waals surface area (Å²) in [5.41, 5.74) is -0.492. The minimum Gasteiger partial charge on any atom is -0.463 e. The molecule has 0 aliphatic rings. The van der Waals surface area contributed by atoms with Gasteiger partial charge >= 0.3 is 5.97 Å². The van der Waals surface area contributed by atoms with Crippen LogP contribution in [0, 0.1) is 0 Å². The Labute approximate surface area is 87.7 Å². The van der Waals surface area contributed by atoms with Crippen molar-refractivity contribution >= 4 is 12.0 Å². The molecule has 0 fully saturated rings. The molecule has 68 valence electrons. The third-order valence-electron chi connectivity index (χ3n) is 1.06. The fourth-order valence-electron chi connectivity index (χ4n) is 0.593. The van der Waals surface area contributed by atoms with Crippen LogP contribution >= 0.6 is 0 Å². The van der Waals surface area contributed by atoms with Crippen molar-refractivity contribution < 1.29 is 19.1 Å². The second kappa shape index (κ2) is 5.14. The Morgan fingerprint density at radius 1 is 1.62 bits per heavy atom. The van der Waals surface area contributed by atoms with Crippen molar-refractivity contribution in [1.29, 1.82) is 0 Å². The van der Waals surface area contributed by atoms with Crippen molar-refractivity contribution in [3.05, 3.63) is 41.8 Å². The van der Waals surface area contributed by atoms with Gasteiger partial charge in [0.2, 0.25) is 0 Å². The molecule has 0 aromatic heterocycles. The van der Waals surface area contributed by atoms with Crippen LogP contribution in [-0.2, 0) is 9.53 Å². The van der Waals surface area contributed by atoms with E-state index in [0.29, 0.717) is 0 Å². The number of rotatable bonds is 3. The van der Waals surface area contributed by atoms with Gasteiger partial charge in [0.05, 0.1) is 16.2 Å². The molecule has 0 spiro atoms. The maximum Gasteiger partial charge on any atom is 0.330 e. The molecule has 0 amide bonds. The molecule has 2 heteroatoms. The van der Waals surface area contributed by atoms with E-state index in [2.05, 4.69) is 4.74 Å². The molecule has 1 aromatic rings. The Morgan fingerprint density at radius 3 is 2.92 bits per heavy atom. The second-order valence-corrected chi connectivity index (χ2v) is 1.97. The number of benzene rings is 1. The monoisotopic (exact) mass is 183 g/mol. The van der Waals surface area contributed by atoms with Crippen LogP contribution in [0.25, 0.3) is 6.05 Å². The van der Waals surface area contributed by atoms with Gasteiger partial charge in [0.1, 0.15) is 0 Å². The van der Waals surface area contributed by atoms with E-state index in [1.165, 1.54) is 6.92 Å². The SMILES string of the molecule is [2H]/C(C(=O)OCC)=C(\[2H])c1c([2H])c([2H])c([2H])c([2H])c1[2H]. The predicted octanol–water partition coefficient (Wildman–Crippen LogP) is 2.26. The first-order valence-corrected chi connectivity index (χ1v) is 3.65. The van der Waals surface area contributed by atoms with Gasteiger partial charge in [0.15, 0.2) is 0 Å². The highest BCUT2D eigenvalue weighted by Gasteiger charge is 1.92. The van der Waals surface area contributed by atoms with Gasteiger partial charge in [0.25, 0.3) is 0 Å². The topological polar surface area (TPSA) is 26.3 Å². The highest BCUT2D eigenvalue weighted by atomic mass is 16.5. The fraction of sp³-hybridized carbons (Fsp3) is 0.182. The summed E-state index contributed by atoms with van der Waals surface area (Å²) in [6.45, 7) is 1.54. The summed E-state index contributed by atoms with van der Waals surface area (Å²) < 4.78 is 57.4. The number of hydrogen-bond acceptors (Lipinski definition) is 2. The van der Waals surface area contributed by atoms with E-state index in [-0.39, 0.29) is 6.61 Å². The minimum atomic E-state index is -1.08. The Hall–Kier alpha value is -1.57. The van der Waals surface area contributed by atoms with Crippen LogP contribution in [-0.4, -0.2) is 12.6 Å². The fourth-order valence-corrected chi connectivity index (χ4v) is 0.593. The summed E-state index contributed by atoms with van der Waals surface area (Å²) in [6, 6.07) is -4.72. The highest BCUT2D eigenvalue weighted by Crippen LogP contribution is 2.00. The summed E-state index contributed by atoms with van der Waals surface area (Å²) in [6.07, 6.45) is 0. The lowest BCUT2D eigenvalue weighted by Crippen LogP contribution is -1.98. The van der Waals surface area contributed by atoms with Crippen molar-refractivity contribution in [3.8, 4) is 0 Å². The maximum absolute atomic E-state index is 11.4. The molecule has 1 rings (SSSR count). The highest BCUT2D eigenvalue weighted by molar-refractivity contribution is 5.86. The Kier molecular flexibility index (Phi) is 1.45. The number of ether oxygens (including phenoxy) is 1. The first-order chi connectivity index (χ1) is 9.23. The van der Waals surface area contributed by atoms with Crippen LogP contribution in [0.5, 0.6) is 0 Å². The van der Waals surface area contributed by atoms with Crippen LogP contribution in [0.15, 0.2) is 36.3 Å². The summed E-state index contributed by atoms with van der Waals surface area (Å²) in [7, 11) is 0. The summed E-state index contributed by atoms with van der Waals surface area (Å²) in [4.78, 5) is 11.4. The molecule has 2 nitrogen and oxygen atoms in total. The summed E-state index contributed by atoms with van der Waals surface area (Å²) >= 11 is 0. The van der Waals surface area contributed by atoms with Crippen LogP contribution < -0.4 is 0 Å². The van der Waals surface area contributed by atoms with Gasteiger partial charge in [-0.2, -0.15) is 0 Å². The zero-order valence-electron chi connectivity index (χ0n) is 14.0. The van der Waals surface area contributed by atoms with E-state index >= 15 is 0 Å². The molecule has 0 aliphatic heterocycles. The van der Waals surface area contributed by atoms with E-state index in [0.717, 1.165) is 0 Å².